The summed E-state index contributed by atoms with van der Waals surface area (Å²) in [5.74, 6) is -0.608. The van der Waals surface area contributed by atoms with Gasteiger partial charge < -0.3 is 15.2 Å². The van der Waals surface area contributed by atoms with E-state index in [-0.39, 0.29) is 22.7 Å². The molecule has 188 valence electrons. The van der Waals surface area contributed by atoms with Gasteiger partial charge in [-0.05, 0) is 55.4 Å². The van der Waals surface area contributed by atoms with Crippen LogP contribution in [0.15, 0.2) is 41.3 Å². The molecule has 36 heavy (non-hydrogen) atoms. The van der Waals surface area contributed by atoms with Crippen molar-refractivity contribution < 1.29 is 19.0 Å². The van der Waals surface area contributed by atoms with E-state index in [0.29, 0.717) is 54.4 Å². The van der Waals surface area contributed by atoms with Crippen LogP contribution in [-0.4, -0.2) is 63.9 Å². The second-order valence-corrected chi connectivity index (χ2v) is 10.3. The summed E-state index contributed by atoms with van der Waals surface area (Å²) < 4.78 is 20.4. The van der Waals surface area contributed by atoms with Gasteiger partial charge in [0.15, 0.2) is 0 Å². The zero-order chi connectivity index (χ0) is 24.9. The highest BCUT2D eigenvalue weighted by Crippen LogP contribution is 2.52. The van der Waals surface area contributed by atoms with Crippen molar-refractivity contribution in [2.24, 2.45) is 5.92 Å². The molecule has 0 spiro atoms. The number of morpholine rings is 1. The van der Waals surface area contributed by atoms with Gasteiger partial charge in [-0.25, -0.2) is 9.37 Å². The number of fused-ring (bicyclic) bond motifs is 2. The van der Waals surface area contributed by atoms with Crippen molar-refractivity contribution in [3.8, 4) is 16.9 Å². The predicted octanol–water partition coefficient (Wildman–Crippen LogP) is 2.91. The largest absolute Gasteiger partial charge is 0.506 e. The summed E-state index contributed by atoms with van der Waals surface area (Å²) in [7, 11) is 0. The number of amides is 1. The van der Waals surface area contributed by atoms with Crippen LogP contribution >= 0.6 is 0 Å². The fraction of sp³-hybridized carbons (Fsp3) is 0.444. The SMILES string of the molecule is O=C(NC12CCC(C1)C2)c1c(O)c2cc(-c3ccc(F)cc3)cnc2n(CCN2CCOCC2)c1=O. The first kappa shape index (κ1) is 23.1. The summed E-state index contributed by atoms with van der Waals surface area (Å²) in [6, 6.07) is 7.68. The number of rotatable bonds is 6. The maximum Gasteiger partial charge on any atom is 0.268 e. The van der Waals surface area contributed by atoms with Crippen molar-refractivity contribution in [1.29, 1.82) is 0 Å². The number of halogens is 1. The van der Waals surface area contributed by atoms with E-state index < -0.39 is 11.5 Å². The van der Waals surface area contributed by atoms with Gasteiger partial charge in [0.25, 0.3) is 11.5 Å². The Morgan fingerprint density at radius 3 is 2.61 bits per heavy atom. The summed E-state index contributed by atoms with van der Waals surface area (Å²) in [6.07, 6.45) is 5.44. The Kier molecular flexibility index (Phi) is 5.76. The lowest BCUT2D eigenvalue weighted by molar-refractivity contribution is 0.0364. The van der Waals surface area contributed by atoms with Crippen LogP contribution in [0.3, 0.4) is 0 Å². The molecule has 1 aliphatic heterocycles. The minimum Gasteiger partial charge on any atom is -0.506 e. The van der Waals surface area contributed by atoms with Gasteiger partial charge in [0.05, 0.1) is 18.6 Å². The molecule has 1 saturated heterocycles. The lowest BCUT2D eigenvalue weighted by atomic mass is 9.77. The number of hydrogen-bond acceptors (Lipinski definition) is 6. The summed E-state index contributed by atoms with van der Waals surface area (Å²) in [6.45, 7) is 3.74. The van der Waals surface area contributed by atoms with E-state index in [2.05, 4.69) is 15.2 Å². The highest BCUT2D eigenvalue weighted by atomic mass is 19.1. The lowest BCUT2D eigenvalue weighted by Gasteiger charge is -2.39. The van der Waals surface area contributed by atoms with Gasteiger partial charge in [0.2, 0.25) is 0 Å². The predicted molar refractivity (Wildman–Crippen MR) is 132 cm³/mol. The molecule has 3 aromatic rings. The number of hydrogen-bond donors (Lipinski definition) is 2. The molecule has 3 aliphatic carbocycles. The Labute approximate surface area is 207 Å². The van der Waals surface area contributed by atoms with Crippen molar-refractivity contribution >= 4 is 16.9 Å². The van der Waals surface area contributed by atoms with Gasteiger partial charge in [-0.1, -0.05) is 12.1 Å². The Morgan fingerprint density at radius 2 is 1.92 bits per heavy atom. The topological polar surface area (TPSA) is 96.7 Å². The third kappa shape index (κ3) is 4.06. The molecule has 0 unspecified atom stereocenters. The van der Waals surface area contributed by atoms with Crippen molar-refractivity contribution in [2.75, 3.05) is 32.8 Å². The average Bonchev–Trinajstić information content (AvgIpc) is 3.46. The van der Waals surface area contributed by atoms with Gasteiger partial charge in [-0.2, -0.15) is 0 Å². The first-order valence-electron chi connectivity index (χ1n) is 12.6. The van der Waals surface area contributed by atoms with Crippen LogP contribution in [0.2, 0.25) is 0 Å². The number of carbonyl (C=O) groups excluding carboxylic acids is 1. The molecule has 3 heterocycles. The summed E-state index contributed by atoms with van der Waals surface area (Å²) in [5.41, 5.74) is 0.634. The first-order valence-corrected chi connectivity index (χ1v) is 12.6. The number of nitrogens with one attached hydrogen (secondary N) is 1. The molecule has 3 saturated carbocycles. The Balaban J connectivity index is 1.42. The Bertz CT molecular complexity index is 1370. The molecule has 8 nitrogen and oxygen atoms in total. The van der Waals surface area contributed by atoms with Gasteiger partial charge in [0.1, 0.15) is 22.8 Å². The van der Waals surface area contributed by atoms with Gasteiger partial charge in [-0.15, -0.1) is 0 Å². The van der Waals surface area contributed by atoms with Gasteiger partial charge in [0, 0.05) is 43.5 Å². The number of benzene rings is 1. The maximum absolute atomic E-state index is 13.6. The standard InChI is InChI=1S/C27H29FN4O4/c28-20-3-1-18(2-4-20)19-13-21-23(33)22(25(34)30-27-6-5-17(14-27)15-27)26(35)32(24(21)29-16-19)8-7-31-9-11-36-12-10-31/h1-4,13,16-17,33H,5-12,14-15H2,(H,30,34). The quantitative estimate of drug-likeness (QED) is 0.549. The van der Waals surface area contributed by atoms with Crippen molar-refractivity contribution in [3.63, 3.8) is 0 Å². The number of carbonyl (C=O) groups is 1. The second-order valence-electron chi connectivity index (χ2n) is 10.3. The Hall–Kier alpha value is -3.30. The number of aromatic hydroxyl groups is 1. The lowest BCUT2D eigenvalue weighted by Crippen LogP contribution is -2.53. The van der Waals surface area contributed by atoms with Crippen molar-refractivity contribution in [1.82, 2.24) is 19.8 Å². The molecular formula is C27H29FN4O4. The molecule has 4 fully saturated rings. The van der Waals surface area contributed by atoms with E-state index in [9.17, 15) is 19.1 Å². The van der Waals surface area contributed by atoms with Crippen LogP contribution in [0, 0.1) is 11.7 Å². The fourth-order valence-electron chi connectivity index (χ4n) is 5.99. The van der Waals surface area contributed by atoms with Gasteiger partial charge >= 0.3 is 0 Å². The molecule has 0 atom stereocenters. The van der Waals surface area contributed by atoms with Crippen molar-refractivity contribution in [3.05, 3.63) is 58.3 Å². The zero-order valence-electron chi connectivity index (χ0n) is 20.0. The third-order valence-corrected chi connectivity index (χ3v) is 7.99. The summed E-state index contributed by atoms with van der Waals surface area (Å²) >= 11 is 0. The Morgan fingerprint density at radius 1 is 1.17 bits per heavy atom. The molecule has 1 amide bonds. The van der Waals surface area contributed by atoms with Crippen molar-refractivity contribution in [2.45, 2.75) is 37.8 Å². The smallest absolute Gasteiger partial charge is 0.268 e. The van der Waals surface area contributed by atoms with Crippen LogP contribution < -0.4 is 10.9 Å². The molecule has 9 heteroatoms. The minimum absolute atomic E-state index is 0.243. The fourth-order valence-corrected chi connectivity index (χ4v) is 5.99. The molecule has 7 rings (SSSR count). The molecule has 2 bridgehead atoms. The zero-order valence-corrected chi connectivity index (χ0v) is 20.0. The minimum atomic E-state index is -0.543. The second kappa shape index (κ2) is 8.97. The molecule has 2 N–H and O–H groups in total. The maximum atomic E-state index is 13.6. The summed E-state index contributed by atoms with van der Waals surface area (Å²) in [5, 5.41) is 14.6. The van der Waals surface area contributed by atoms with Crippen LogP contribution in [0.4, 0.5) is 4.39 Å². The highest BCUT2D eigenvalue weighted by molar-refractivity contribution is 6.02. The number of nitrogens with zero attached hydrogens (tertiary/aromatic N) is 3. The molecule has 1 aromatic carbocycles. The van der Waals surface area contributed by atoms with Crippen LogP contribution in [0.5, 0.6) is 5.75 Å². The highest BCUT2D eigenvalue weighted by Gasteiger charge is 2.51. The van der Waals surface area contributed by atoms with E-state index in [0.717, 1.165) is 38.8 Å². The van der Waals surface area contributed by atoms with E-state index in [1.165, 1.54) is 16.7 Å². The monoisotopic (exact) mass is 492 g/mol. The molecule has 2 aromatic heterocycles. The van der Waals surface area contributed by atoms with Crippen LogP contribution in [0.25, 0.3) is 22.2 Å². The number of ether oxygens (including phenoxy) is 1. The van der Waals surface area contributed by atoms with E-state index in [4.69, 9.17) is 4.74 Å². The first-order chi connectivity index (χ1) is 17.4. The summed E-state index contributed by atoms with van der Waals surface area (Å²) in [4.78, 5) is 33.7. The van der Waals surface area contributed by atoms with Crippen LogP contribution in [0.1, 0.15) is 36.0 Å². The molecular weight excluding hydrogens is 463 g/mol. The molecule has 0 radical (unpaired) electrons. The number of pyridine rings is 2. The average molecular weight is 493 g/mol. The number of aromatic nitrogens is 2. The van der Waals surface area contributed by atoms with Gasteiger partial charge in [-0.3, -0.25) is 19.1 Å². The normalized spacial score (nSPS) is 23.5. The van der Waals surface area contributed by atoms with E-state index >= 15 is 0 Å². The third-order valence-electron chi connectivity index (χ3n) is 7.99. The van der Waals surface area contributed by atoms with E-state index in [1.807, 2.05) is 0 Å². The van der Waals surface area contributed by atoms with E-state index in [1.54, 1.807) is 24.4 Å². The van der Waals surface area contributed by atoms with Crippen LogP contribution in [-0.2, 0) is 11.3 Å². The molecule has 4 aliphatic rings.